The number of hydrogen-bond donors (Lipinski definition) is 2. The Labute approximate surface area is 148 Å². The van der Waals surface area contributed by atoms with Gasteiger partial charge in [0.1, 0.15) is 0 Å². The summed E-state index contributed by atoms with van der Waals surface area (Å²) in [7, 11) is 0. The molecule has 0 saturated heterocycles. The van der Waals surface area contributed by atoms with Crippen LogP contribution in [0.25, 0.3) is 0 Å². The molecule has 0 amide bonds. The Morgan fingerprint density at radius 2 is 2.12 bits per heavy atom. The number of nitrogen functional groups attached to an aromatic ring is 1. The largest absolute Gasteiger partial charge is 0.334 e. The molecule has 0 radical (unpaired) electrons. The number of benzene rings is 1. The van der Waals surface area contributed by atoms with E-state index in [0.29, 0.717) is 11.1 Å². The van der Waals surface area contributed by atoms with Crippen LogP contribution in [0.2, 0.25) is 0 Å². The number of aryl methyl sites for hydroxylation is 1. The Bertz CT molecular complexity index is 838. The van der Waals surface area contributed by atoms with Gasteiger partial charge in [-0.15, -0.1) is 21.5 Å². The van der Waals surface area contributed by atoms with Gasteiger partial charge >= 0.3 is 0 Å². The SMILES string of the molecule is C/C(=N\Nc1nnc(SCc2ccccc2C)n1N)c1cccs1. The fourth-order valence-corrected chi connectivity index (χ4v) is 3.65. The van der Waals surface area contributed by atoms with E-state index in [1.54, 1.807) is 23.1 Å². The fourth-order valence-electron chi connectivity index (χ4n) is 2.04. The van der Waals surface area contributed by atoms with Crippen LogP contribution >= 0.6 is 23.1 Å². The summed E-state index contributed by atoms with van der Waals surface area (Å²) >= 11 is 3.18. The maximum Gasteiger partial charge on any atom is 0.264 e. The fraction of sp³-hybridized carbons (Fsp3) is 0.188. The molecular formula is C16H18N6S2. The number of hydrazone groups is 1. The van der Waals surface area contributed by atoms with Crippen molar-refractivity contribution in [1.29, 1.82) is 0 Å². The van der Waals surface area contributed by atoms with Crippen molar-refractivity contribution in [2.75, 3.05) is 11.3 Å². The standard InChI is InChI=1S/C16H18N6S2/c1-11-6-3-4-7-13(11)10-24-16-21-20-15(22(16)17)19-18-12(2)14-8-5-9-23-14/h3-9H,10,17H2,1-2H3,(H,19,20)/b18-12+. The summed E-state index contributed by atoms with van der Waals surface area (Å²) in [6.45, 7) is 4.03. The summed E-state index contributed by atoms with van der Waals surface area (Å²) in [4.78, 5) is 1.10. The lowest BCUT2D eigenvalue weighted by Gasteiger charge is -2.05. The normalized spacial score (nSPS) is 11.7. The number of hydrogen-bond acceptors (Lipinski definition) is 7. The number of thiophene rings is 1. The van der Waals surface area contributed by atoms with Gasteiger partial charge in [-0.05, 0) is 36.4 Å². The van der Waals surface area contributed by atoms with E-state index >= 15 is 0 Å². The molecule has 2 heterocycles. The van der Waals surface area contributed by atoms with Gasteiger partial charge in [0.25, 0.3) is 5.95 Å². The van der Waals surface area contributed by atoms with E-state index in [4.69, 9.17) is 5.84 Å². The maximum absolute atomic E-state index is 6.05. The molecule has 0 aliphatic rings. The molecule has 0 saturated carbocycles. The molecule has 8 heteroatoms. The number of nitrogens with two attached hydrogens (primary N) is 1. The number of thioether (sulfide) groups is 1. The summed E-state index contributed by atoms with van der Waals surface area (Å²) in [5.41, 5.74) is 6.26. The van der Waals surface area contributed by atoms with Crippen molar-refractivity contribution < 1.29 is 0 Å². The molecule has 2 aromatic heterocycles. The van der Waals surface area contributed by atoms with Crippen LogP contribution in [0.1, 0.15) is 22.9 Å². The predicted molar refractivity (Wildman–Crippen MR) is 101 cm³/mol. The molecular weight excluding hydrogens is 340 g/mol. The van der Waals surface area contributed by atoms with Gasteiger partial charge < -0.3 is 5.84 Å². The average Bonchev–Trinajstić information content (AvgIpc) is 3.23. The van der Waals surface area contributed by atoms with E-state index in [2.05, 4.69) is 39.8 Å². The molecule has 24 heavy (non-hydrogen) atoms. The van der Waals surface area contributed by atoms with Gasteiger partial charge in [-0.3, -0.25) is 0 Å². The van der Waals surface area contributed by atoms with E-state index in [1.165, 1.54) is 15.8 Å². The highest BCUT2D eigenvalue weighted by molar-refractivity contribution is 7.98. The minimum atomic E-state index is 0.415. The smallest absolute Gasteiger partial charge is 0.264 e. The Morgan fingerprint density at radius 3 is 2.88 bits per heavy atom. The van der Waals surface area contributed by atoms with Crippen LogP contribution in [-0.4, -0.2) is 20.6 Å². The highest BCUT2D eigenvalue weighted by Crippen LogP contribution is 2.23. The number of aromatic nitrogens is 3. The van der Waals surface area contributed by atoms with Gasteiger partial charge in [-0.2, -0.15) is 5.10 Å². The first-order valence-corrected chi connectivity index (χ1v) is 9.23. The van der Waals surface area contributed by atoms with E-state index < -0.39 is 0 Å². The van der Waals surface area contributed by atoms with Crippen LogP contribution in [0.5, 0.6) is 0 Å². The van der Waals surface area contributed by atoms with Crippen LogP contribution in [0.15, 0.2) is 52.0 Å². The van der Waals surface area contributed by atoms with Gasteiger partial charge in [-0.25, -0.2) is 10.1 Å². The zero-order valence-electron chi connectivity index (χ0n) is 13.4. The van der Waals surface area contributed by atoms with Crippen molar-refractivity contribution in [2.45, 2.75) is 24.8 Å². The summed E-state index contributed by atoms with van der Waals surface area (Å²) in [6, 6.07) is 12.3. The molecule has 0 spiro atoms. The molecule has 0 atom stereocenters. The maximum atomic E-state index is 6.05. The summed E-state index contributed by atoms with van der Waals surface area (Å²) in [5.74, 6) is 7.26. The van der Waals surface area contributed by atoms with Crippen LogP contribution in [-0.2, 0) is 5.75 Å². The minimum absolute atomic E-state index is 0.415. The Morgan fingerprint density at radius 1 is 1.29 bits per heavy atom. The molecule has 0 aliphatic heterocycles. The van der Waals surface area contributed by atoms with E-state index in [-0.39, 0.29) is 0 Å². The van der Waals surface area contributed by atoms with Crippen molar-refractivity contribution in [3.63, 3.8) is 0 Å². The van der Waals surface area contributed by atoms with Gasteiger partial charge in [0.05, 0.1) is 5.71 Å². The van der Waals surface area contributed by atoms with Crippen molar-refractivity contribution in [1.82, 2.24) is 14.9 Å². The second-order valence-corrected chi connectivity index (χ2v) is 7.07. The molecule has 0 aliphatic carbocycles. The van der Waals surface area contributed by atoms with Crippen molar-refractivity contribution in [3.05, 3.63) is 57.8 Å². The first-order valence-electron chi connectivity index (χ1n) is 7.37. The predicted octanol–water partition coefficient (Wildman–Crippen LogP) is 3.49. The highest BCUT2D eigenvalue weighted by Gasteiger charge is 2.10. The Kier molecular flexibility index (Phi) is 5.17. The number of rotatable bonds is 6. The minimum Gasteiger partial charge on any atom is -0.334 e. The number of anilines is 1. The zero-order chi connectivity index (χ0) is 16.9. The van der Waals surface area contributed by atoms with Crippen LogP contribution in [0.3, 0.4) is 0 Å². The number of nitrogens with one attached hydrogen (secondary N) is 1. The molecule has 0 unspecified atom stereocenters. The van der Waals surface area contributed by atoms with Crippen LogP contribution < -0.4 is 11.3 Å². The van der Waals surface area contributed by atoms with E-state index in [1.807, 2.05) is 36.6 Å². The second-order valence-electron chi connectivity index (χ2n) is 5.18. The summed E-state index contributed by atoms with van der Waals surface area (Å²) in [6.07, 6.45) is 0. The third kappa shape index (κ3) is 3.77. The Balaban J connectivity index is 1.66. The third-order valence-electron chi connectivity index (χ3n) is 3.48. The first kappa shape index (κ1) is 16.5. The average molecular weight is 358 g/mol. The monoisotopic (exact) mass is 358 g/mol. The second kappa shape index (κ2) is 7.50. The lowest BCUT2D eigenvalue weighted by atomic mass is 10.1. The molecule has 0 bridgehead atoms. The third-order valence-corrected chi connectivity index (χ3v) is 5.45. The molecule has 1 aromatic carbocycles. The topological polar surface area (TPSA) is 81.1 Å². The lowest BCUT2D eigenvalue weighted by molar-refractivity contribution is 0.846. The molecule has 0 fully saturated rings. The van der Waals surface area contributed by atoms with Crippen LogP contribution in [0.4, 0.5) is 5.95 Å². The van der Waals surface area contributed by atoms with Gasteiger partial charge in [0, 0.05) is 10.6 Å². The van der Waals surface area contributed by atoms with Crippen molar-refractivity contribution in [2.24, 2.45) is 5.10 Å². The van der Waals surface area contributed by atoms with Gasteiger partial charge in [0.2, 0.25) is 5.16 Å². The molecule has 3 N–H and O–H groups in total. The highest BCUT2D eigenvalue weighted by atomic mass is 32.2. The Hall–Kier alpha value is -2.32. The van der Waals surface area contributed by atoms with Gasteiger partial charge in [-0.1, -0.05) is 42.1 Å². The molecule has 3 aromatic rings. The van der Waals surface area contributed by atoms with Crippen LogP contribution in [0, 0.1) is 6.92 Å². The molecule has 124 valence electrons. The molecule has 6 nitrogen and oxygen atoms in total. The zero-order valence-corrected chi connectivity index (χ0v) is 15.1. The van der Waals surface area contributed by atoms with Crippen molar-refractivity contribution in [3.8, 4) is 0 Å². The molecule has 3 rings (SSSR count). The van der Waals surface area contributed by atoms with Crippen molar-refractivity contribution >= 4 is 34.8 Å². The van der Waals surface area contributed by atoms with Gasteiger partial charge in [0.15, 0.2) is 0 Å². The number of nitrogens with zero attached hydrogens (tertiary/aromatic N) is 4. The van der Waals surface area contributed by atoms with E-state index in [0.717, 1.165) is 16.3 Å². The summed E-state index contributed by atoms with van der Waals surface area (Å²) < 4.78 is 1.42. The quantitative estimate of drug-likeness (QED) is 0.305. The summed E-state index contributed by atoms with van der Waals surface area (Å²) in [5, 5.41) is 15.1. The first-order chi connectivity index (χ1) is 11.6. The van der Waals surface area contributed by atoms with E-state index in [9.17, 15) is 0 Å². The lowest BCUT2D eigenvalue weighted by Crippen LogP contribution is -2.13.